The lowest BCUT2D eigenvalue weighted by molar-refractivity contribution is 0.126. The van der Waals surface area contributed by atoms with Crippen molar-refractivity contribution in [1.82, 2.24) is 14.8 Å². The summed E-state index contributed by atoms with van der Waals surface area (Å²) in [5.74, 6) is -6.20. The van der Waals surface area contributed by atoms with Gasteiger partial charge in [0.1, 0.15) is 5.69 Å². The molecule has 0 spiro atoms. The van der Waals surface area contributed by atoms with Crippen LogP contribution >= 0.6 is 0 Å². The number of hydrogen-bond donors (Lipinski definition) is 1. The van der Waals surface area contributed by atoms with Gasteiger partial charge in [-0.25, -0.2) is 0 Å². The third-order valence-corrected chi connectivity index (χ3v) is 4.11. The molecule has 1 fully saturated rings. The van der Waals surface area contributed by atoms with Gasteiger partial charge < -0.3 is 15.1 Å². The lowest BCUT2D eigenvalue weighted by atomic mass is 10.1. The fourth-order valence-corrected chi connectivity index (χ4v) is 2.71. The minimum absolute atomic E-state index is 0.0706. The Balaban J connectivity index is 1.87. The Kier molecular flexibility index (Phi) is 6.17. The van der Waals surface area contributed by atoms with Crippen LogP contribution in [0.25, 0.3) is 0 Å². The summed E-state index contributed by atoms with van der Waals surface area (Å²) < 4.78 is 53.1. The van der Waals surface area contributed by atoms with Crippen molar-refractivity contribution in [2.24, 2.45) is 5.92 Å². The Morgan fingerprint density at radius 1 is 1.00 bits per heavy atom. The summed E-state index contributed by atoms with van der Waals surface area (Å²) >= 11 is 0. The molecule has 1 aliphatic heterocycles. The Labute approximate surface area is 133 Å². The van der Waals surface area contributed by atoms with Gasteiger partial charge in [0.15, 0.2) is 0 Å². The highest BCUT2D eigenvalue weighted by Gasteiger charge is 2.22. The molecule has 2 heterocycles. The number of likely N-dealkylation sites (N-methyl/N-ethyl adjacent to an activating group) is 1. The fourth-order valence-electron chi connectivity index (χ4n) is 2.71. The Bertz CT molecular complexity index is 506. The highest BCUT2D eigenvalue weighted by atomic mass is 19.2. The van der Waals surface area contributed by atoms with Crippen molar-refractivity contribution in [3.63, 3.8) is 0 Å². The van der Waals surface area contributed by atoms with Crippen molar-refractivity contribution in [2.75, 3.05) is 51.1 Å². The van der Waals surface area contributed by atoms with Crippen molar-refractivity contribution >= 4 is 5.69 Å². The molecular weight excluding hydrogens is 312 g/mol. The molecule has 2 rings (SSSR count). The standard InChI is InChI=1S/C15H22F4N4/c1-3-22-4-6-23(7-5-22)9-10(2)8-20-13-11(16)14(18)21-15(19)12(13)17/h10H,3-9H2,1-2H3,(H,20,21). The van der Waals surface area contributed by atoms with E-state index in [4.69, 9.17) is 0 Å². The molecule has 0 amide bonds. The molecule has 1 aromatic heterocycles. The van der Waals surface area contributed by atoms with Crippen LogP contribution in [0, 0.1) is 29.4 Å². The van der Waals surface area contributed by atoms with Crippen LogP contribution in [-0.4, -0.2) is 60.6 Å². The summed E-state index contributed by atoms with van der Waals surface area (Å²) in [6.45, 7) is 9.93. The van der Waals surface area contributed by atoms with Crippen LogP contribution in [0.2, 0.25) is 0 Å². The molecule has 8 heteroatoms. The molecule has 0 radical (unpaired) electrons. The predicted molar refractivity (Wildman–Crippen MR) is 80.3 cm³/mol. The summed E-state index contributed by atoms with van der Waals surface area (Å²) in [7, 11) is 0. The van der Waals surface area contributed by atoms with Crippen molar-refractivity contribution in [1.29, 1.82) is 0 Å². The summed E-state index contributed by atoms with van der Waals surface area (Å²) in [5, 5.41) is 2.47. The van der Waals surface area contributed by atoms with Crippen LogP contribution in [0.15, 0.2) is 0 Å². The monoisotopic (exact) mass is 334 g/mol. The average Bonchev–Trinajstić information content (AvgIpc) is 2.53. The maximum Gasteiger partial charge on any atom is 0.253 e. The van der Waals surface area contributed by atoms with Gasteiger partial charge in [-0.15, -0.1) is 0 Å². The van der Waals surface area contributed by atoms with Gasteiger partial charge in [-0.2, -0.15) is 22.5 Å². The number of piperazine rings is 1. The summed E-state index contributed by atoms with van der Waals surface area (Å²) in [4.78, 5) is 7.16. The van der Waals surface area contributed by atoms with Crippen LogP contribution in [0.5, 0.6) is 0 Å². The van der Waals surface area contributed by atoms with E-state index in [0.717, 1.165) is 39.3 Å². The van der Waals surface area contributed by atoms with Gasteiger partial charge in [0.05, 0.1) is 0 Å². The van der Waals surface area contributed by atoms with Gasteiger partial charge >= 0.3 is 0 Å². The lowest BCUT2D eigenvalue weighted by Crippen LogP contribution is -2.47. The van der Waals surface area contributed by atoms with Gasteiger partial charge in [-0.05, 0) is 12.5 Å². The Hall–Kier alpha value is -1.41. The number of halogens is 4. The summed E-state index contributed by atoms with van der Waals surface area (Å²) in [5.41, 5.74) is -0.794. The minimum Gasteiger partial charge on any atom is -0.380 e. The van der Waals surface area contributed by atoms with E-state index in [9.17, 15) is 17.6 Å². The van der Waals surface area contributed by atoms with Gasteiger partial charge in [-0.1, -0.05) is 13.8 Å². The first kappa shape index (κ1) is 17.9. The number of anilines is 1. The van der Waals surface area contributed by atoms with Crippen LogP contribution in [0.1, 0.15) is 13.8 Å². The molecule has 1 unspecified atom stereocenters. The van der Waals surface area contributed by atoms with E-state index in [1.165, 1.54) is 0 Å². The van der Waals surface area contributed by atoms with Gasteiger partial charge in [0, 0.05) is 39.3 Å². The minimum atomic E-state index is -1.64. The molecule has 0 aliphatic carbocycles. The Morgan fingerprint density at radius 3 is 2.04 bits per heavy atom. The molecule has 4 nitrogen and oxygen atoms in total. The van der Waals surface area contributed by atoms with Crippen molar-refractivity contribution in [3.05, 3.63) is 23.5 Å². The first-order valence-corrected chi connectivity index (χ1v) is 7.81. The first-order chi connectivity index (χ1) is 10.9. The number of aromatic nitrogens is 1. The molecule has 130 valence electrons. The van der Waals surface area contributed by atoms with E-state index in [2.05, 4.69) is 27.0 Å². The quantitative estimate of drug-likeness (QED) is 0.639. The molecule has 0 aromatic carbocycles. The van der Waals surface area contributed by atoms with E-state index >= 15 is 0 Å². The molecule has 1 saturated heterocycles. The van der Waals surface area contributed by atoms with Gasteiger partial charge in [-0.3, -0.25) is 0 Å². The van der Waals surface area contributed by atoms with Crippen molar-refractivity contribution in [3.8, 4) is 0 Å². The maximum atomic E-state index is 13.5. The number of rotatable bonds is 6. The molecule has 23 heavy (non-hydrogen) atoms. The van der Waals surface area contributed by atoms with E-state index in [1.54, 1.807) is 0 Å². The number of nitrogens with one attached hydrogen (secondary N) is 1. The van der Waals surface area contributed by atoms with Crippen LogP contribution < -0.4 is 5.32 Å². The molecule has 1 aliphatic rings. The smallest absolute Gasteiger partial charge is 0.253 e. The van der Waals surface area contributed by atoms with Crippen molar-refractivity contribution in [2.45, 2.75) is 13.8 Å². The third-order valence-electron chi connectivity index (χ3n) is 4.11. The van der Waals surface area contributed by atoms with E-state index in [0.29, 0.717) is 0 Å². The largest absolute Gasteiger partial charge is 0.380 e. The molecular formula is C15H22F4N4. The maximum absolute atomic E-state index is 13.5. The lowest BCUT2D eigenvalue weighted by Gasteiger charge is -2.35. The fraction of sp³-hybridized carbons (Fsp3) is 0.667. The number of pyridine rings is 1. The molecule has 1 aromatic rings. The van der Waals surface area contributed by atoms with Crippen LogP contribution in [0.4, 0.5) is 23.2 Å². The van der Waals surface area contributed by atoms with Crippen molar-refractivity contribution < 1.29 is 17.6 Å². The van der Waals surface area contributed by atoms with Crippen LogP contribution in [-0.2, 0) is 0 Å². The molecule has 1 N–H and O–H groups in total. The highest BCUT2D eigenvalue weighted by molar-refractivity contribution is 5.45. The highest BCUT2D eigenvalue weighted by Crippen LogP contribution is 2.22. The number of hydrogen-bond acceptors (Lipinski definition) is 4. The van der Waals surface area contributed by atoms with Crippen LogP contribution in [0.3, 0.4) is 0 Å². The second-order valence-corrected chi connectivity index (χ2v) is 5.92. The first-order valence-electron chi connectivity index (χ1n) is 7.81. The second kappa shape index (κ2) is 7.92. The van der Waals surface area contributed by atoms with E-state index in [1.807, 2.05) is 6.92 Å². The molecule has 0 saturated carbocycles. The van der Waals surface area contributed by atoms with E-state index in [-0.39, 0.29) is 12.5 Å². The van der Waals surface area contributed by atoms with Gasteiger partial charge in [0.25, 0.3) is 11.9 Å². The predicted octanol–water partition coefficient (Wildman–Crippen LogP) is 2.32. The topological polar surface area (TPSA) is 31.4 Å². The SMILES string of the molecule is CCN1CCN(CC(C)CNc2c(F)c(F)nc(F)c2F)CC1. The summed E-state index contributed by atoms with van der Waals surface area (Å²) in [6.07, 6.45) is 0. The summed E-state index contributed by atoms with van der Waals surface area (Å²) in [6, 6.07) is 0. The van der Waals surface area contributed by atoms with E-state index < -0.39 is 29.2 Å². The molecule has 1 atom stereocenters. The zero-order valence-corrected chi connectivity index (χ0v) is 13.4. The third kappa shape index (κ3) is 4.54. The number of nitrogens with zero attached hydrogens (tertiary/aromatic N) is 3. The van der Waals surface area contributed by atoms with Gasteiger partial charge in [0.2, 0.25) is 11.6 Å². The average molecular weight is 334 g/mol. The second-order valence-electron chi connectivity index (χ2n) is 5.92. The Morgan fingerprint density at radius 2 is 1.52 bits per heavy atom. The normalized spacial score (nSPS) is 18.2. The zero-order valence-electron chi connectivity index (χ0n) is 13.4. The zero-order chi connectivity index (χ0) is 17.0. The molecule has 0 bridgehead atoms.